The summed E-state index contributed by atoms with van der Waals surface area (Å²) in [4.78, 5) is 29.8. The predicted molar refractivity (Wildman–Crippen MR) is 119 cm³/mol. The van der Waals surface area contributed by atoms with E-state index in [-0.39, 0.29) is 38.0 Å². The smallest absolute Gasteiger partial charge is 0.272 e. The van der Waals surface area contributed by atoms with Crippen molar-refractivity contribution >= 4 is 63.9 Å². The zero-order valence-electron chi connectivity index (χ0n) is 15.7. The van der Waals surface area contributed by atoms with Gasteiger partial charge in [-0.3, -0.25) is 19.2 Å². The molecule has 30 heavy (non-hydrogen) atoms. The van der Waals surface area contributed by atoms with Crippen LogP contribution in [0.15, 0.2) is 36.5 Å². The first-order valence-electron chi connectivity index (χ1n) is 8.43. The summed E-state index contributed by atoms with van der Waals surface area (Å²) in [5.41, 5.74) is 1.01. The maximum Gasteiger partial charge on any atom is 0.272 e. The lowest BCUT2D eigenvalue weighted by Crippen LogP contribution is -2.34. The first-order valence-corrected chi connectivity index (χ1v) is 9.95. The van der Waals surface area contributed by atoms with Gasteiger partial charge in [-0.2, -0.15) is 0 Å². The first kappa shape index (κ1) is 22.4. The standard InChI is InChI=1S/C19H15Cl4N5O2/c1-9-6-10(20)7-11(19(30)27(2)24)15(9)26-18(29)14-8-13(22)16(23)28(14)17-12(21)4-3-5-25-17/h3-8H,24H2,1-2H3,(H,26,29). The molecule has 0 bridgehead atoms. The van der Waals surface area contributed by atoms with Gasteiger partial charge in [-0.1, -0.05) is 46.4 Å². The summed E-state index contributed by atoms with van der Waals surface area (Å²) in [6.07, 6.45) is 1.50. The van der Waals surface area contributed by atoms with Crippen LogP contribution in [0.5, 0.6) is 0 Å². The monoisotopic (exact) mass is 485 g/mol. The summed E-state index contributed by atoms with van der Waals surface area (Å²) in [6, 6.07) is 7.66. The lowest BCUT2D eigenvalue weighted by molar-refractivity contribution is 0.0796. The number of rotatable bonds is 4. The molecule has 0 aliphatic rings. The summed E-state index contributed by atoms with van der Waals surface area (Å²) in [5, 5.41) is 4.40. The third-order valence-electron chi connectivity index (χ3n) is 4.17. The number of aromatic nitrogens is 2. The Balaban J connectivity index is 2.10. The number of nitrogens with zero attached hydrogens (tertiary/aromatic N) is 3. The number of hydrogen-bond donors (Lipinski definition) is 2. The van der Waals surface area contributed by atoms with Gasteiger partial charge in [-0.15, -0.1) is 0 Å². The van der Waals surface area contributed by atoms with E-state index in [0.717, 1.165) is 5.01 Å². The van der Waals surface area contributed by atoms with E-state index in [2.05, 4.69) is 10.3 Å². The van der Waals surface area contributed by atoms with Crippen LogP contribution in [-0.2, 0) is 0 Å². The van der Waals surface area contributed by atoms with Crippen LogP contribution in [0.25, 0.3) is 5.82 Å². The number of benzene rings is 1. The fourth-order valence-electron chi connectivity index (χ4n) is 2.82. The van der Waals surface area contributed by atoms with Gasteiger partial charge in [0.2, 0.25) is 0 Å². The number of anilines is 1. The minimum atomic E-state index is -0.593. The van der Waals surface area contributed by atoms with Gasteiger partial charge in [0.05, 0.1) is 21.3 Å². The average molecular weight is 487 g/mol. The largest absolute Gasteiger partial charge is 0.320 e. The fraction of sp³-hybridized carbons (Fsp3) is 0.105. The number of nitrogens with one attached hydrogen (secondary N) is 1. The van der Waals surface area contributed by atoms with Gasteiger partial charge < -0.3 is 5.32 Å². The van der Waals surface area contributed by atoms with Crippen LogP contribution in [0, 0.1) is 6.92 Å². The highest BCUT2D eigenvalue weighted by Crippen LogP contribution is 2.33. The van der Waals surface area contributed by atoms with Gasteiger partial charge in [0, 0.05) is 18.3 Å². The molecule has 0 unspecified atom stereocenters. The number of carbonyl (C=O) groups excluding carboxylic acids is 2. The van der Waals surface area contributed by atoms with Gasteiger partial charge in [-0.05, 0) is 42.8 Å². The second kappa shape index (κ2) is 8.83. The van der Waals surface area contributed by atoms with E-state index in [4.69, 9.17) is 52.2 Å². The Labute approximate surface area is 192 Å². The molecule has 0 saturated heterocycles. The zero-order chi connectivity index (χ0) is 22.2. The fourth-order valence-corrected chi connectivity index (χ4v) is 3.71. The minimum absolute atomic E-state index is 0.0632. The van der Waals surface area contributed by atoms with Crippen LogP contribution >= 0.6 is 46.4 Å². The van der Waals surface area contributed by atoms with Gasteiger partial charge in [-0.25, -0.2) is 10.8 Å². The maximum atomic E-state index is 13.2. The molecule has 0 spiro atoms. The van der Waals surface area contributed by atoms with Crippen molar-refractivity contribution in [2.24, 2.45) is 5.84 Å². The van der Waals surface area contributed by atoms with Gasteiger partial charge in [0.1, 0.15) is 10.8 Å². The van der Waals surface area contributed by atoms with Crippen molar-refractivity contribution in [3.8, 4) is 5.82 Å². The summed E-state index contributed by atoms with van der Waals surface area (Å²) < 4.78 is 1.32. The molecule has 1 aromatic carbocycles. The van der Waals surface area contributed by atoms with Crippen molar-refractivity contribution < 1.29 is 9.59 Å². The van der Waals surface area contributed by atoms with Crippen molar-refractivity contribution in [1.29, 1.82) is 0 Å². The Morgan fingerprint density at radius 3 is 2.47 bits per heavy atom. The number of hydrazine groups is 1. The van der Waals surface area contributed by atoms with Crippen LogP contribution in [0.2, 0.25) is 20.2 Å². The van der Waals surface area contributed by atoms with Crippen molar-refractivity contribution in [1.82, 2.24) is 14.6 Å². The molecular weight excluding hydrogens is 472 g/mol. The molecule has 0 atom stereocenters. The normalized spacial score (nSPS) is 10.8. The van der Waals surface area contributed by atoms with Crippen LogP contribution < -0.4 is 11.2 Å². The van der Waals surface area contributed by atoms with Gasteiger partial charge >= 0.3 is 0 Å². The van der Waals surface area contributed by atoms with E-state index in [1.54, 1.807) is 25.1 Å². The lowest BCUT2D eigenvalue weighted by atomic mass is 10.1. The number of hydrogen-bond acceptors (Lipinski definition) is 4. The van der Waals surface area contributed by atoms with Gasteiger partial charge in [0.15, 0.2) is 5.82 Å². The third-order valence-corrected chi connectivity index (χ3v) is 5.44. The molecule has 156 valence electrons. The Morgan fingerprint density at radius 1 is 1.13 bits per heavy atom. The third kappa shape index (κ3) is 4.26. The van der Waals surface area contributed by atoms with Crippen LogP contribution in [-0.4, -0.2) is 33.4 Å². The number of aryl methyl sites for hydroxylation is 1. The topological polar surface area (TPSA) is 93.3 Å². The molecule has 2 amide bonds. The molecular formula is C19H15Cl4N5O2. The molecule has 3 aromatic rings. The summed E-state index contributed by atoms with van der Waals surface area (Å²) in [5.74, 6) is 4.69. The number of amides is 2. The first-order chi connectivity index (χ1) is 14.1. The number of carbonyl (C=O) groups is 2. The highest BCUT2D eigenvalue weighted by molar-refractivity contribution is 6.42. The number of halogens is 4. The minimum Gasteiger partial charge on any atom is -0.320 e. The Bertz CT molecular complexity index is 1160. The van der Waals surface area contributed by atoms with Crippen molar-refractivity contribution in [2.75, 3.05) is 12.4 Å². The van der Waals surface area contributed by atoms with E-state index in [1.165, 1.54) is 29.9 Å². The van der Waals surface area contributed by atoms with E-state index in [0.29, 0.717) is 10.6 Å². The second-order valence-electron chi connectivity index (χ2n) is 6.33. The quantitative estimate of drug-likeness (QED) is 0.308. The maximum absolute atomic E-state index is 13.2. The second-order valence-corrected chi connectivity index (χ2v) is 7.94. The number of pyridine rings is 1. The molecule has 0 aliphatic carbocycles. The number of nitrogens with two attached hydrogens (primary N) is 1. The highest BCUT2D eigenvalue weighted by atomic mass is 35.5. The van der Waals surface area contributed by atoms with Crippen molar-refractivity contribution in [3.05, 3.63) is 73.6 Å². The van der Waals surface area contributed by atoms with Crippen LogP contribution in [0.4, 0.5) is 5.69 Å². The molecule has 2 aromatic heterocycles. The molecule has 0 aliphatic heterocycles. The lowest BCUT2D eigenvalue weighted by Gasteiger charge is -2.18. The summed E-state index contributed by atoms with van der Waals surface area (Å²) in [7, 11) is 1.39. The Hall–Kier alpha value is -2.29. The highest BCUT2D eigenvalue weighted by Gasteiger charge is 2.24. The summed E-state index contributed by atoms with van der Waals surface area (Å²) >= 11 is 24.8. The molecule has 11 heteroatoms. The van der Waals surface area contributed by atoms with Crippen LogP contribution in [0.1, 0.15) is 26.4 Å². The molecule has 7 nitrogen and oxygen atoms in total. The molecule has 2 heterocycles. The molecule has 3 N–H and O–H groups in total. The predicted octanol–water partition coefficient (Wildman–Crippen LogP) is 4.99. The SMILES string of the molecule is Cc1cc(Cl)cc(C(=O)N(C)N)c1NC(=O)c1cc(Cl)c(Cl)n1-c1ncccc1Cl. The van der Waals surface area contributed by atoms with E-state index >= 15 is 0 Å². The van der Waals surface area contributed by atoms with Gasteiger partial charge in [0.25, 0.3) is 11.8 Å². The Morgan fingerprint density at radius 2 is 1.83 bits per heavy atom. The molecule has 3 rings (SSSR count). The van der Waals surface area contributed by atoms with E-state index in [1.807, 2.05) is 0 Å². The van der Waals surface area contributed by atoms with Crippen LogP contribution in [0.3, 0.4) is 0 Å². The molecule has 0 radical (unpaired) electrons. The van der Waals surface area contributed by atoms with E-state index in [9.17, 15) is 9.59 Å². The average Bonchev–Trinajstić information content (AvgIpc) is 2.98. The van der Waals surface area contributed by atoms with E-state index < -0.39 is 11.8 Å². The molecule has 0 saturated carbocycles. The Kier molecular flexibility index (Phi) is 6.59. The van der Waals surface area contributed by atoms with Crippen molar-refractivity contribution in [2.45, 2.75) is 6.92 Å². The molecule has 0 fully saturated rings. The van der Waals surface area contributed by atoms with Crippen molar-refractivity contribution in [3.63, 3.8) is 0 Å². The summed E-state index contributed by atoms with van der Waals surface area (Å²) in [6.45, 7) is 1.70. The zero-order valence-corrected chi connectivity index (χ0v) is 18.7.